The molecule has 2 heterocycles. The van der Waals surface area contributed by atoms with E-state index in [2.05, 4.69) is 18.3 Å². The van der Waals surface area contributed by atoms with E-state index in [0.29, 0.717) is 45.3 Å². The summed E-state index contributed by atoms with van der Waals surface area (Å²) < 4.78 is 12.2. The Balaban J connectivity index is 1.98. The number of carbonyl (C=O) groups excluding carboxylic acids is 2. The third-order valence-electron chi connectivity index (χ3n) is 3.75. The summed E-state index contributed by atoms with van der Waals surface area (Å²) in [6.07, 6.45) is 3.28. The van der Waals surface area contributed by atoms with Gasteiger partial charge in [-0.3, -0.25) is 9.59 Å². The molecule has 1 aliphatic heterocycles. The van der Waals surface area contributed by atoms with Gasteiger partial charge in [-0.15, -0.1) is 13.2 Å². The molecule has 2 rings (SSSR count). The number of aromatic nitrogens is 2. The average Bonchev–Trinajstić information content (AvgIpc) is 3.00. The van der Waals surface area contributed by atoms with Crippen LogP contribution in [0.4, 0.5) is 0 Å². The summed E-state index contributed by atoms with van der Waals surface area (Å²) in [7, 11) is 1.66. The quantitative estimate of drug-likeness (QED) is 0.639. The minimum Gasteiger partial charge on any atom is -0.468 e. The Morgan fingerprint density at radius 3 is 2.56 bits per heavy atom. The van der Waals surface area contributed by atoms with Crippen LogP contribution < -0.4 is 4.74 Å². The van der Waals surface area contributed by atoms with E-state index >= 15 is 0 Å². The average molecular weight is 348 g/mol. The van der Waals surface area contributed by atoms with Crippen LogP contribution in [-0.2, 0) is 16.6 Å². The Morgan fingerprint density at radius 1 is 1.32 bits per heavy atom. The van der Waals surface area contributed by atoms with Crippen LogP contribution in [0.5, 0.6) is 5.88 Å². The van der Waals surface area contributed by atoms with Gasteiger partial charge in [0.15, 0.2) is 12.3 Å². The maximum atomic E-state index is 12.5. The highest BCUT2D eigenvalue weighted by Gasteiger charge is 2.21. The minimum atomic E-state index is -0.246. The molecule has 1 saturated heterocycles. The Hall–Kier alpha value is -2.61. The fourth-order valence-electron chi connectivity index (χ4n) is 2.44. The van der Waals surface area contributed by atoms with E-state index in [1.807, 2.05) is 0 Å². The number of ether oxygens (including phenoxy) is 2. The van der Waals surface area contributed by atoms with Gasteiger partial charge in [0.05, 0.1) is 13.2 Å². The van der Waals surface area contributed by atoms with Crippen LogP contribution in [0.2, 0.25) is 0 Å². The molecule has 0 saturated carbocycles. The van der Waals surface area contributed by atoms with Crippen molar-refractivity contribution < 1.29 is 19.1 Å². The van der Waals surface area contributed by atoms with E-state index in [1.165, 1.54) is 10.7 Å². The largest absolute Gasteiger partial charge is 0.468 e. The zero-order valence-corrected chi connectivity index (χ0v) is 14.5. The van der Waals surface area contributed by atoms with Crippen molar-refractivity contribution in [1.82, 2.24) is 19.6 Å². The lowest BCUT2D eigenvalue weighted by Crippen LogP contribution is -2.43. The third kappa shape index (κ3) is 4.93. The Labute approximate surface area is 147 Å². The van der Waals surface area contributed by atoms with Crippen LogP contribution in [0.3, 0.4) is 0 Å². The Morgan fingerprint density at radius 2 is 1.96 bits per heavy atom. The predicted molar refractivity (Wildman–Crippen MR) is 92.4 cm³/mol. The Bertz CT molecular complexity index is 625. The molecule has 0 bridgehead atoms. The van der Waals surface area contributed by atoms with E-state index in [-0.39, 0.29) is 24.1 Å². The zero-order chi connectivity index (χ0) is 18.2. The number of carbonyl (C=O) groups is 2. The smallest absolute Gasteiger partial charge is 0.275 e. The van der Waals surface area contributed by atoms with Gasteiger partial charge in [0.25, 0.3) is 11.8 Å². The maximum absolute atomic E-state index is 12.5. The molecule has 136 valence electrons. The van der Waals surface area contributed by atoms with E-state index in [0.717, 1.165) is 0 Å². The van der Waals surface area contributed by atoms with Gasteiger partial charge in [-0.1, -0.05) is 12.2 Å². The molecule has 0 spiro atoms. The number of nitrogens with zero attached hydrogens (tertiary/aromatic N) is 4. The normalized spacial score (nSPS) is 14.0. The highest BCUT2D eigenvalue weighted by Crippen LogP contribution is 2.14. The van der Waals surface area contributed by atoms with Gasteiger partial charge >= 0.3 is 0 Å². The molecular formula is C17H24N4O4. The molecule has 2 amide bonds. The number of hydrogen-bond donors (Lipinski definition) is 0. The van der Waals surface area contributed by atoms with Gasteiger partial charge in [-0.25, -0.2) is 4.68 Å². The van der Waals surface area contributed by atoms with Crippen molar-refractivity contribution in [2.24, 2.45) is 7.05 Å². The van der Waals surface area contributed by atoms with Crippen LogP contribution in [0, 0.1) is 0 Å². The van der Waals surface area contributed by atoms with Crippen molar-refractivity contribution in [3.05, 3.63) is 37.1 Å². The van der Waals surface area contributed by atoms with Crippen LogP contribution in [0.15, 0.2) is 31.4 Å². The summed E-state index contributed by atoms with van der Waals surface area (Å²) in [5.74, 6) is 0.00388. The third-order valence-corrected chi connectivity index (χ3v) is 3.75. The summed E-state index contributed by atoms with van der Waals surface area (Å²) in [5.41, 5.74) is 0.250. The second-order valence-corrected chi connectivity index (χ2v) is 5.56. The van der Waals surface area contributed by atoms with Crippen molar-refractivity contribution in [1.29, 1.82) is 0 Å². The standard InChI is InChI=1S/C17H24N4O4/c1-4-6-21(7-5-2)17(23)14-12-16(19(3)18-14)25-13-15(22)20-8-10-24-11-9-20/h4-5,12H,1-2,6-11,13H2,3H3. The number of morpholine rings is 1. The predicted octanol–water partition coefficient (Wildman–Crippen LogP) is 0.472. The molecule has 1 fully saturated rings. The van der Waals surface area contributed by atoms with Crippen LogP contribution >= 0.6 is 0 Å². The molecule has 25 heavy (non-hydrogen) atoms. The second-order valence-electron chi connectivity index (χ2n) is 5.56. The molecule has 1 aliphatic rings. The number of rotatable bonds is 8. The molecule has 8 heteroatoms. The number of hydrogen-bond acceptors (Lipinski definition) is 5. The first-order valence-corrected chi connectivity index (χ1v) is 8.10. The minimum absolute atomic E-state index is 0.101. The molecular weight excluding hydrogens is 324 g/mol. The highest BCUT2D eigenvalue weighted by molar-refractivity contribution is 5.92. The fourth-order valence-corrected chi connectivity index (χ4v) is 2.44. The highest BCUT2D eigenvalue weighted by atomic mass is 16.5. The van der Waals surface area contributed by atoms with Gasteiger partial charge in [-0.2, -0.15) is 5.10 Å². The summed E-state index contributed by atoms with van der Waals surface area (Å²) in [6, 6.07) is 1.54. The number of amides is 2. The molecule has 0 N–H and O–H groups in total. The topological polar surface area (TPSA) is 76.9 Å². The molecule has 1 aromatic rings. The second kappa shape index (κ2) is 9.03. The van der Waals surface area contributed by atoms with Crippen LogP contribution in [0.25, 0.3) is 0 Å². The van der Waals surface area contributed by atoms with Crippen molar-refractivity contribution >= 4 is 11.8 Å². The van der Waals surface area contributed by atoms with Crippen molar-refractivity contribution in [2.75, 3.05) is 46.0 Å². The van der Waals surface area contributed by atoms with E-state index in [9.17, 15) is 9.59 Å². The summed E-state index contributed by atoms with van der Waals surface area (Å²) >= 11 is 0. The van der Waals surface area contributed by atoms with E-state index in [1.54, 1.807) is 29.0 Å². The van der Waals surface area contributed by atoms with Gasteiger partial charge in [0, 0.05) is 39.3 Å². The van der Waals surface area contributed by atoms with E-state index < -0.39 is 0 Å². The van der Waals surface area contributed by atoms with Crippen molar-refractivity contribution in [3.8, 4) is 5.88 Å². The molecule has 0 aromatic carbocycles. The SMILES string of the molecule is C=CCN(CC=C)C(=O)c1cc(OCC(=O)N2CCOCC2)n(C)n1. The molecule has 1 aromatic heterocycles. The van der Waals surface area contributed by atoms with Crippen LogP contribution in [-0.4, -0.2) is 77.4 Å². The Kier molecular flexibility index (Phi) is 6.76. The number of aryl methyl sites for hydroxylation is 1. The first-order valence-electron chi connectivity index (χ1n) is 8.10. The molecule has 8 nitrogen and oxygen atoms in total. The van der Waals surface area contributed by atoms with Crippen LogP contribution in [0.1, 0.15) is 10.5 Å². The monoisotopic (exact) mass is 348 g/mol. The lowest BCUT2D eigenvalue weighted by molar-refractivity contribution is -0.137. The molecule has 0 unspecified atom stereocenters. The lowest BCUT2D eigenvalue weighted by Gasteiger charge is -2.26. The lowest BCUT2D eigenvalue weighted by atomic mass is 10.3. The first-order chi connectivity index (χ1) is 12.1. The zero-order valence-electron chi connectivity index (χ0n) is 14.5. The molecule has 0 radical (unpaired) electrons. The first kappa shape index (κ1) is 18.7. The van der Waals surface area contributed by atoms with Crippen molar-refractivity contribution in [2.45, 2.75) is 0 Å². The maximum Gasteiger partial charge on any atom is 0.275 e. The van der Waals surface area contributed by atoms with Crippen molar-refractivity contribution in [3.63, 3.8) is 0 Å². The summed E-state index contributed by atoms with van der Waals surface area (Å²) in [5, 5.41) is 4.17. The fraction of sp³-hybridized carbons (Fsp3) is 0.471. The molecule has 0 aliphatic carbocycles. The van der Waals surface area contributed by atoms with E-state index in [4.69, 9.17) is 9.47 Å². The van der Waals surface area contributed by atoms with Gasteiger partial charge in [0.1, 0.15) is 0 Å². The van der Waals surface area contributed by atoms with Gasteiger partial charge < -0.3 is 19.3 Å². The summed E-state index contributed by atoms with van der Waals surface area (Å²) in [4.78, 5) is 27.9. The van der Waals surface area contributed by atoms with Gasteiger partial charge in [0.2, 0.25) is 5.88 Å². The summed E-state index contributed by atoms with van der Waals surface area (Å²) in [6.45, 7) is 10.2. The van der Waals surface area contributed by atoms with Gasteiger partial charge in [-0.05, 0) is 0 Å². The molecule has 0 atom stereocenters.